The molecule has 0 unspecified atom stereocenters. The van der Waals surface area contributed by atoms with Gasteiger partial charge in [-0.25, -0.2) is 0 Å². The van der Waals surface area contributed by atoms with Crippen LogP contribution in [0.3, 0.4) is 0 Å². The predicted octanol–water partition coefficient (Wildman–Crippen LogP) is 2.65. The number of aryl methyl sites for hydroxylation is 1. The maximum absolute atomic E-state index is 11.9. The lowest BCUT2D eigenvalue weighted by Crippen LogP contribution is -2.42. The van der Waals surface area contributed by atoms with E-state index in [1.165, 1.54) is 11.8 Å². The Morgan fingerprint density at radius 1 is 1.07 bits per heavy atom. The second-order valence-electron chi connectivity index (χ2n) is 6.51. The largest absolute Gasteiger partial charge is 0.339 e. The van der Waals surface area contributed by atoms with E-state index in [0.29, 0.717) is 17.6 Å². The maximum Gasteiger partial charge on any atom is 0.288 e. The minimum atomic E-state index is -0.487. The van der Waals surface area contributed by atoms with Crippen LogP contribution in [0.2, 0.25) is 0 Å². The zero-order chi connectivity index (χ0) is 19.9. The van der Waals surface area contributed by atoms with Crippen LogP contribution in [-0.4, -0.2) is 26.9 Å². The number of carbonyl (C=O) groups excluding carboxylic acids is 2. The van der Waals surface area contributed by atoms with Crippen LogP contribution in [0.15, 0.2) is 53.2 Å². The number of carbonyl (C=O) groups is 2. The second-order valence-corrected chi connectivity index (χ2v) is 6.51. The lowest BCUT2D eigenvalue weighted by Gasteiger charge is -2.05. The summed E-state index contributed by atoms with van der Waals surface area (Å²) in [6.07, 6.45) is 1.86. The molecule has 144 valence electrons. The van der Waals surface area contributed by atoms with E-state index in [2.05, 4.69) is 39.8 Å². The monoisotopic (exact) mass is 379 g/mol. The van der Waals surface area contributed by atoms with E-state index in [1.807, 2.05) is 24.3 Å². The van der Waals surface area contributed by atoms with Crippen LogP contribution in [0.1, 0.15) is 48.1 Å². The van der Waals surface area contributed by atoms with E-state index in [1.54, 1.807) is 18.2 Å². The molecule has 3 rings (SSSR count). The molecule has 3 aromatic rings. The predicted molar refractivity (Wildman–Crippen MR) is 102 cm³/mol. The highest BCUT2D eigenvalue weighted by Crippen LogP contribution is 2.20. The van der Waals surface area contributed by atoms with Crippen LogP contribution >= 0.6 is 0 Å². The summed E-state index contributed by atoms with van der Waals surface area (Å²) in [5.74, 6) is 0.430. The van der Waals surface area contributed by atoms with Crippen molar-refractivity contribution in [3.05, 3.63) is 65.8 Å². The Kier molecular flexibility index (Phi) is 6.11. The van der Waals surface area contributed by atoms with Crippen LogP contribution in [-0.2, 0) is 11.2 Å². The maximum atomic E-state index is 11.9. The minimum absolute atomic E-state index is 0.0937. The minimum Gasteiger partial charge on any atom is -0.339 e. The first-order valence-electron chi connectivity index (χ1n) is 8.96. The molecule has 2 aromatic heterocycles. The number of hydrazine groups is 1. The number of aromatic nitrogens is 3. The molecule has 0 aliphatic rings. The van der Waals surface area contributed by atoms with Gasteiger partial charge in [0.1, 0.15) is 5.69 Å². The molecule has 28 heavy (non-hydrogen) atoms. The molecular weight excluding hydrogens is 358 g/mol. The van der Waals surface area contributed by atoms with E-state index >= 15 is 0 Å². The average Bonchev–Trinajstić information content (AvgIpc) is 3.20. The highest BCUT2D eigenvalue weighted by atomic mass is 16.5. The van der Waals surface area contributed by atoms with E-state index in [4.69, 9.17) is 4.52 Å². The molecule has 0 bridgehead atoms. The molecule has 0 saturated carbocycles. The molecule has 0 radical (unpaired) electrons. The smallest absolute Gasteiger partial charge is 0.288 e. The van der Waals surface area contributed by atoms with Crippen LogP contribution in [0.4, 0.5) is 0 Å². The zero-order valence-electron chi connectivity index (χ0n) is 15.7. The van der Waals surface area contributed by atoms with Crippen LogP contribution in [0.25, 0.3) is 11.4 Å². The first-order valence-corrected chi connectivity index (χ1v) is 8.96. The Bertz CT molecular complexity index is 936. The third kappa shape index (κ3) is 5.00. The van der Waals surface area contributed by atoms with E-state index in [-0.39, 0.29) is 24.4 Å². The van der Waals surface area contributed by atoms with Crippen molar-refractivity contribution in [2.45, 2.75) is 32.6 Å². The van der Waals surface area contributed by atoms with Gasteiger partial charge in [-0.1, -0.05) is 49.3 Å². The molecule has 2 heterocycles. The Labute approximate surface area is 162 Å². The molecule has 8 heteroatoms. The molecule has 0 fully saturated rings. The van der Waals surface area contributed by atoms with Crippen molar-refractivity contribution in [2.24, 2.45) is 0 Å². The molecule has 0 aliphatic heterocycles. The SMILES string of the molecule is CC(C)c1ccc(-c2noc(CCC(=O)NNC(=O)c3ccccn3)n2)cc1. The fourth-order valence-corrected chi connectivity index (χ4v) is 2.46. The van der Waals surface area contributed by atoms with Gasteiger partial charge in [0.15, 0.2) is 0 Å². The van der Waals surface area contributed by atoms with Crippen molar-refractivity contribution in [1.29, 1.82) is 0 Å². The van der Waals surface area contributed by atoms with Crippen molar-refractivity contribution in [1.82, 2.24) is 26.0 Å². The quantitative estimate of drug-likeness (QED) is 0.637. The summed E-state index contributed by atoms with van der Waals surface area (Å²) in [5.41, 5.74) is 6.95. The Morgan fingerprint density at radius 2 is 1.86 bits per heavy atom. The highest BCUT2D eigenvalue weighted by molar-refractivity contribution is 5.93. The number of hydrogen-bond acceptors (Lipinski definition) is 6. The number of amides is 2. The number of hydrogen-bond donors (Lipinski definition) is 2. The van der Waals surface area contributed by atoms with Crippen molar-refractivity contribution in [2.75, 3.05) is 0 Å². The standard InChI is InChI=1S/C20H21N5O3/c1-13(2)14-6-8-15(9-7-14)19-22-18(28-25-19)11-10-17(26)23-24-20(27)16-5-3-4-12-21-16/h3-9,12-13H,10-11H2,1-2H3,(H,23,26)(H,24,27). The summed E-state index contributed by atoms with van der Waals surface area (Å²) >= 11 is 0. The molecule has 1 aromatic carbocycles. The Hall–Kier alpha value is -3.55. The average molecular weight is 379 g/mol. The summed E-state index contributed by atoms with van der Waals surface area (Å²) in [5, 5.41) is 3.96. The van der Waals surface area contributed by atoms with Gasteiger partial charge in [0, 0.05) is 24.6 Å². The molecule has 2 N–H and O–H groups in total. The van der Waals surface area contributed by atoms with E-state index in [0.717, 1.165) is 5.56 Å². The topological polar surface area (TPSA) is 110 Å². The first kappa shape index (κ1) is 19.2. The van der Waals surface area contributed by atoms with E-state index < -0.39 is 5.91 Å². The third-order valence-corrected chi connectivity index (χ3v) is 4.08. The summed E-state index contributed by atoms with van der Waals surface area (Å²) in [6, 6.07) is 12.9. The Morgan fingerprint density at radius 3 is 2.54 bits per heavy atom. The molecule has 0 saturated heterocycles. The Balaban J connectivity index is 1.48. The summed E-state index contributed by atoms with van der Waals surface area (Å²) in [7, 11) is 0. The fraction of sp³-hybridized carbons (Fsp3) is 0.250. The first-order chi connectivity index (χ1) is 13.5. The van der Waals surface area contributed by atoms with Gasteiger partial charge < -0.3 is 4.52 Å². The van der Waals surface area contributed by atoms with Crippen LogP contribution in [0.5, 0.6) is 0 Å². The molecule has 0 aliphatic carbocycles. The summed E-state index contributed by atoms with van der Waals surface area (Å²) in [6.45, 7) is 4.26. The zero-order valence-corrected chi connectivity index (χ0v) is 15.7. The highest BCUT2D eigenvalue weighted by Gasteiger charge is 2.12. The number of nitrogens with one attached hydrogen (secondary N) is 2. The summed E-state index contributed by atoms with van der Waals surface area (Å²) < 4.78 is 5.20. The molecule has 0 spiro atoms. The lowest BCUT2D eigenvalue weighted by atomic mass is 10.0. The molecular formula is C20H21N5O3. The van der Waals surface area contributed by atoms with Gasteiger partial charge >= 0.3 is 0 Å². The van der Waals surface area contributed by atoms with Crippen molar-refractivity contribution in [3.8, 4) is 11.4 Å². The number of pyridine rings is 1. The second kappa shape index (κ2) is 8.90. The summed E-state index contributed by atoms with van der Waals surface area (Å²) in [4.78, 5) is 31.9. The van der Waals surface area contributed by atoms with Crippen molar-refractivity contribution in [3.63, 3.8) is 0 Å². The van der Waals surface area contributed by atoms with Crippen LogP contribution in [0, 0.1) is 0 Å². The molecule has 2 amide bonds. The number of nitrogens with zero attached hydrogens (tertiary/aromatic N) is 3. The van der Waals surface area contributed by atoms with Gasteiger partial charge in [0.25, 0.3) is 5.91 Å². The number of rotatable bonds is 6. The van der Waals surface area contributed by atoms with Gasteiger partial charge in [-0.3, -0.25) is 25.4 Å². The number of benzene rings is 1. The van der Waals surface area contributed by atoms with Crippen molar-refractivity contribution < 1.29 is 14.1 Å². The lowest BCUT2D eigenvalue weighted by molar-refractivity contribution is -0.121. The fourth-order valence-electron chi connectivity index (χ4n) is 2.46. The van der Waals surface area contributed by atoms with Gasteiger partial charge in [-0.15, -0.1) is 0 Å². The van der Waals surface area contributed by atoms with Gasteiger partial charge in [0.05, 0.1) is 0 Å². The van der Waals surface area contributed by atoms with Gasteiger partial charge in [0.2, 0.25) is 17.6 Å². The van der Waals surface area contributed by atoms with Gasteiger partial charge in [-0.2, -0.15) is 4.98 Å². The van der Waals surface area contributed by atoms with Crippen LogP contribution < -0.4 is 10.9 Å². The third-order valence-electron chi connectivity index (χ3n) is 4.08. The van der Waals surface area contributed by atoms with Crippen molar-refractivity contribution >= 4 is 11.8 Å². The molecule has 0 atom stereocenters. The van der Waals surface area contributed by atoms with E-state index in [9.17, 15) is 9.59 Å². The molecule has 8 nitrogen and oxygen atoms in total. The van der Waals surface area contributed by atoms with Gasteiger partial charge in [-0.05, 0) is 23.6 Å². The normalized spacial score (nSPS) is 10.7.